The Labute approximate surface area is 104 Å². The molecule has 5 heteroatoms. The van der Waals surface area contributed by atoms with Crippen molar-refractivity contribution in [2.75, 3.05) is 4.90 Å². The quantitative estimate of drug-likeness (QED) is 0.809. The molecular formula is C13H13NO4. The third-order valence-corrected chi connectivity index (χ3v) is 2.90. The smallest absolute Gasteiger partial charge is 0.335 e. The van der Waals surface area contributed by atoms with Gasteiger partial charge in [-0.15, -0.1) is 0 Å². The van der Waals surface area contributed by atoms with Gasteiger partial charge in [-0.25, -0.2) is 4.79 Å². The molecule has 2 amide bonds. The summed E-state index contributed by atoms with van der Waals surface area (Å²) >= 11 is 0. The van der Waals surface area contributed by atoms with Gasteiger partial charge in [0, 0.05) is 12.8 Å². The fourth-order valence-corrected chi connectivity index (χ4v) is 1.96. The van der Waals surface area contributed by atoms with Gasteiger partial charge in [-0.1, -0.05) is 0 Å². The van der Waals surface area contributed by atoms with Crippen LogP contribution in [0.4, 0.5) is 5.69 Å². The van der Waals surface area contributed by atoms with Gasteiger partial charge in [0.2, 0.25) is 11.8 Å². The number of rotatable bonds is 2. The minimum atomic E-state index is -1.03. The average molecular weight is 247 g/mol. The molecule has 0 spiro atoms. The van der Waals surface area contributed by atoms with E-state index in [1.807, 2.05) is 0 Å². The first-order valence-electron chi connectivity index (χ1n) is 5.79. The van der Waals surface area contributed by atoms with Crippen molar-refractivity contribution >= 4 is 23.5 Å². The summed E-state index contributed by atoms with van der Waals surface area (Å²) < 4.78 is 0. The van der Waals surface area contributed by atoms with Crippen LogP contribution in [0.2, 0.25) is 0 Å². The lowest BCUT2D eigenvalue weighted by Gasteiger charge is -2.18. The number of anilines is 1. The van der Waals surface area contributed by atoms with Crippen molar-refractivity contribution in [2.24, 2.45) is 0 Å². The van der Waals surface area contributed by atoms with Gasteiger partial charge >= 0.3 is 5.97 Å². The van der Waals surface area contributed by atoms with Crippen LogP contribution in [0.3, 0.4) is 0 Å². The predicted octanol–water partition coefficient (Wildman–Crippen LogP) is 1.82. The number of benzene rings is 1. The van der Waals surface area contributed by atoms with E-state index in [9.17, 15) is 14.4 Å². The second-order valence-corrected chi connectivity index (χ2v) is 4.18. The Balaban J connectivity index is 2.30. The number of carboxylic acid groups (broad SMARTS) is 1. The molecule has 1 aromatic carbocycles. The minimum absolute atomic E-state index is 0.133. The zero-order valence-electron chi connectivity index (χ0n) is 9.76. The molecule has 18 heavy (non-hydrogen) atoms. The standard InChI is InChI=1S/C13H13NO4/c15-11-3-1-2-4-12(16)14(11)10-7-5-9(6-8-10)13(17)18/h5-8H,1-4H2,(H,17,18). The van der Waals surface area contributed by atoms with Gasteiger partial charge in [0.25, 0.3) is 0 Å². The highest BCUT2D eigenvalue weighted by molar-refractivity contribution is 6.15. The lowest BCUT2D eigenvalue weighted by molar-refractivity contribution is -0.125. The number of carboxylic acids is 1. The summed E-state index contributed by atoms with van der Waals surface area (Å²) in [6, 6.07) is 5.77. The Morgan fingerprint density at radius 1 is 1.00 bits per heavy atom. The van der Waals surface area contributed by atoms with E-state index in [1.54, 1.807) is 0 Å². The van der Waals surface area contributed by atoms with Crippen molar-refractivity contribution in [3.63, 3.8) is 0 Å². The zero-order chi connectivity index (χ0) is 13.1. The third-order valence-electron chi connectivity index (χ3n) is 2.90. The van der Waals surface area contributed by atoms with Crippen molar-refractivity contribution in [3.8, 4) is 0 Å². The molecule has 1 saturated heterocycles. The molecule has 0 atom stereocenters. The molecule has 0 aromatic heterocycles. The lowest BCUT2D eigenvalue weighted by Crippen LogP contribution is -2.35. The van der Waals surface area contributed by atoms with Crippen LogP contribution in [0.1, 0.15) is 36.0 Å². The number of carbonyl (C=O) groups excluding carboxylic acids is 2. The first-order valence-corrected chi connectivity index (χ1v) is 5.79. The fourth-order valence-electron chi connectivity index (χ4n) is 1.96. The van der Waals surface area contributed by atoms with Crippen LogP contribution >= 0.6 is 0 Å². The lowest BCUT2D eigenvalue weighted by atomic mass is 10.2. The number of hydrogen-bond acceptors (Lipinski definition) is 3. The summed E-state index contributed by atoms with van der Waals surface area (Å²) in [4.78, 5) is 35.5. The molecule has 94 valence electrons. The largest absolute Gasteiger partial charge is 0.478 e. The average Bonchev–Trinajstić information content (AvgIpc) is 2.51. The highest BCUT2D eigenvalue weighted by Crippen LogP contribution is 2.21. The van der Waals surface area contributed by atoms with Crippen LogP contribution in [-0.4, -0.2) is 22.9 Å². The minimum Gasteiger partial charge on any atom is -0.478 e. The molecule has 5 nitrogen and oxygen atoms in total. The Kier molecular flexibility index (Phi) is 3.41. The molecule has 1 aliphatic heterocycles. The van der Waals surface area contributed by atoms with Gasteiger partial charge in [0.15, 0.2) is 0 Å². The van der Waals surface area contributed by atoms with E-state index in [0.717, 1.165) is 4.90 Å². The van der Waals surface area contributed by atoms with Gasteiger partial charge < -0.3 is 5.11 Å². The zero-order valence-corrected chi connectivity index (χ0v) is 9.76. The maximum Gasteiger partial charge on any atom is 0.335 e. The van der Waals surface area contributed by atoms with Crippen molar-refractivity contribution in [1.29, 1.82) is 0 Å². The van der Waals surface area contributed by atoms with E-state index in [-0.39, 0.29) is 17.4 Å². The normalized spacial score (nSPS) is 16.6. The Hall–Kier alpha value is -2.17. The monoisotopic (exact) mass is 247 g/mol. The van der Waals surface area contributed by atoms with Gasteiger partial charge in [0.05, 0.1) is 11.3 Å². The summed E-state index contributed by atoms with van der Waals surface area (Å²) in [5.41, 5.74) is 0.574. The van der Waals surface area contributed by atoms with Crippen molar-refractivity contribution < 1.29 is 19.5 Å². The van der Waals surface area contributed by atoms with Gasteiger partial charge in [-0.2, -0.15) is 0 Å². The summed E-state index contributed by atoms with van der Waals surface area (Å²) in [5, 5.41) is 8.79. The van der Waals surface area contributed by atoms with Gasteiger partial charge in [0.1, 0.15) is 0 Å². The number of nitrogens with zero attached hydrogens (tertiary/aromatic N) is 1. The van der Waals surface area contributed by atoms with Crippen molar-refractivity contribution in [3.05, 3.63) is 29.8 Å². The van der Waals surface area contributed by atoms with E-state index >= 15 is 0 Å². The van der Waals surface area contributed by atoms with E-state index < -0.39 is 5.97 Å². The maximum absolute atomic E-state index is 11.8. The molecule has 0 radical (unpaired) electrons. The van der Waals surface area contributed by atoms with Crippen LogP contribution in [-0.2, 0) is 9.59 Å². The van der Waals surface area contributed by atoms with E-state index in [2.05, 4.69) is 0 Å². The molecule has 1 aliphatic rings. The van der Waals surface area contributed by atoms with Gasteiger partial charge in [-0.3, -0.25) is 14.5 Å². The molecule has 1 aromatic rings. The molecule has 2 rings (SSSR count). The third kappa shape index (κ3) is 2.40. The summed E-state index contributed by atoms with van der Waals surface area (Å²) in [7, 11) is 0. The SMILES string of the molecule is O=C(O)c1ccc(N2C(=O)CCCCC2=O)cc1. The molecule has 1 fully saturated rings. The molecule has 0 unspecified atom stereocenters. The molecule has 0 aliphatic carbocycles. The fraction of sp³-hybridized carbons (Fsp3) is 0.308. The summed E-state index contributed by atoms with van der Waals surface area (Å²) in [6.45, 7) is 0. The molecule has 1 heterocycles. The summed E-state index contributed by atoms with van der Waals surface area (Å²) in [6.07, 6.45) is 2.14. The molecule has 0 saturated carbocycles. The number of imide groups is 1. The summed E-state index contributed by atoms with van der Waals surface area (Å²) in [5.74, 6) is -1.48. The molecule has 1 N–H and O–H groups in total. The van der Waals surface area contributed by atoms with Crippen molar-refractivity contribution in [1.82, 2.24) is 0 Å². The second-order valence-electron chi connectivity index (χ2n) is 4.18. The number of aromatic carboxylic acids is 1. The van der Waals surface area contributed by atoms with E-state index in [1.165, 1.54) is 24.3 Å². The van der Waals surface area contributed by atoms with Crippen molar-refractivity contribution in [2.45, 2.75) is 25.7 Å². The molecular weight excluding hydrogens is 234 g/mol. The van der Waals surface area contributed by atoms with E-state index in [0.29, 0.717) is 31.4 Å². The predicted molar refractivity (Wildman–Crippen MR) is 64.4 cm³/mol. The van der Waals surface area contributed by atoms with Crippen LogP contribution < -0.4 is 4.90 Å². The number of carbonyl (C=O) groups is 3. The topological polar surface area (TPSA) is 74.7 Å². The molecule has 0 bridgehead atoms. The first-order chi connectivity index (χ1) is 8.59. The Bertz CT molecular complexity index is 474. The first kappa shape index (κ1) is 12.3. The maximum atomic E-state index is 11.8. The number of amides is 2. The highest BCUT2D eigenvalue weighted by atomic mass is 16.4. The van der Waals surface area contributed by atoms with Crippen LogP contribution in [0, 0.1) is 0 Å². The Morgan fingerprint density at radius 2 is 1.50 bits per heavy atom. The van der Waals surface area contributed by atoms with Gasteiger partial charge in [-0.05, 0) is 37.1 Å². The van der Waals surface area contributed by atoms with Crippen LogP contribution in [0.25, 0.3) is 0 Å². The second kappa shape index (κ2) is 5.00. The van der Waals surface area contributed by atoms with E-state index in [4.69, 9.17) is 5.11 Å². The van der Waals surface area contributed by atoms with Crippen LogP contribution in [0.15, 0.2) is 24.3 Å². The Morgan fingerprint density at radius 3 is 1.94 bits per heavy atom. The number of hydrogen-bond donors (Lipinski definition) is 1. The highest BCUT2D eigenvalue weighted by Gasteiger charge is 2.25. The van der Waals surface area contributed by atoms with Crippen LogP contribution in [0.5, 0.6) is 0 Å².